The van der Waals surface area contributed by atoms with Gasteiger partial charge in [-0.1, -0.05) is 84.9 Å². The molecule has 0 heterocycles. The van der Waals surface area contributed by atoms with E-state index >= 15 is 0 Å². The van der Waals surface area contributed by atoms with Crippen LogP contribution >= 0.6 is 0 Å². The lowest BCUT2D eigenvalue weighted by atomic mass is 9.67. The first-order chi connectivity index (χ1) is 23.5. The second-order valence-electron chi connectivity index (χ2n) is 12.0. The molecule has 0 saturated carbocycles. The Morgan fingerprint density at radius 3 is 1.29 bits per heavy atom. The molecule has 1 aliphatic rings. The molecule has 49 heavy (non-hydrogen) atoms. The van der Waals surface area contributed by atoms with Crippen LogP contribution < -0.4 is 9.47 Å². The standard InChI is InChI=1S/C39H34O8S2/c1-48(40,41)46-21-19-44-33-17-13-27-23-31(15-11-29(27)25-33)39(37-9-5-3-7-35(37)36-8-4-6-10-38(36)39)32-16-12-30-26-34(18-14-28(30)24-32)45-20-22-47-49(2,42)43/h3-18,23-26H,19-22H2,1-2H3. The summed E-state index contributed by atoms with van der Waals surface area (Å²) >= 11 is 0. The molecule has 250 valence electrons. The maximum absolute atomic E-state index is 11.3. The zero-order valence-electron chi connectivity index (χ0n) is 27.0. The maximum atomic E-state index is 11.3. The zero-order valence-corrected chi connectivity index (χ0v) is 28.6. The summed E-state index contributed by atoms with van der Waals surface area (Å²) in [6, 6.07) is 41.9. The number of hydrogen-bond donors (Lipinski definition) is 0. The topological polar surface area (TPSA) is 105 Å². The third-order valence-electron chi connectivity index (χ3n) is 8.74. The van der Waals surface area contributed by atoms with Crippen molar-refractivity contribution in [3.8, 4) is 22.6 Å². The van der Waals surface area contributed by atoms with E-state index in [0.717, 1.165) is 45.2 Å². The van der Waals surface area contributed by atoms with Crippen LogP contribution in [-0.4, -0.2) is 55.8 Å². The van der Waals surface area contributed by atoms with E-state index < -0.39 is 25.7 Å². The Balaban J connectivity index is 1.29. The second kappa shape index (κ2) is 12.9. The molecule has 0 fully saturated rings. The van der Waals surface area contributed by atoms with Crippen LogP contribution in [0.4, 0.5) is 0 Å². The zero-order chi connectivity index (χ0) is 34.2. The van der Waals surface area contributed by atoms with Crippen molar-refractivity contribution in [1.29, 1.82) is 0 Å². The van der Waals surface area contributed by atoms with Gasteiger partial charge in [0.05, 0.1) is 17.9 Å². The first-order valence-electron chi connectivity index (χ1n) is 15.7. The molecule has 0 bridgehead atoms. The minimum atomic E-state index is -3.53. The van der Waals surface area contributed by atoms with Crippen LogP contribution in [0, 0.1) is 0 Å². The summed E-state index contributed by atoms with van der Waals surface area (Å²) in [7, 11) is -7.05. The van der Waals surface area contributed by atoms with Crippen molar-refractivity contribution in [2.75, 3.05) is 38.9 Å². The number of hydrogen-bond acceptors (Lipinski definition) is 8. The van der Waals surface area contributed by atoms with Gasteiger partial charge in [-0.05, 0) is 91.3 Å². The largest absolute Gasteiger partial charge is 0.491 e. The van der Waals surface area contributed by atoms with Crippen molar-refractivity contribution in [3.05, 3.63) is 144 Å². The lowest BCUT2D eigenvalue weighted by Gasteiger charge is -2.34. The van der Waals surface area contributed by atoms with Crippen LogP contribution in [0.1, 0.15) is 22.3 Å². The molecule has 0 aromatic heterocycles. The molecule has 0 amide bonds. The lowest BCUT2D eigenvalue weighted by Crippen LogP contribution is -2.28. The van der Waals surface area contributed by atoms with Gasteiger partial charge in [0.1, 0.15) is 37.9 Å². The Bertz CT molecular complexity index is 2250. The van der Waals surface area contributed by atoms with Crippen LogP contribution in [0.15, 0.2) is 121 Å². The van der Waals surface area contributed by atoms with Crippen LogP contribution in [0.2, 0.25) is 0 Å². The van der Waals surface area contributed by atoms with Gasteiger partial charge in [0.15, 0.2) is 0 Å². The van der Waals surface area contributed by atoms with Gasteiger partial charge in [0.25, 0.3) is 20.2 Å². The van der Waals surface area contributed by atoms with Crippen LogP contribution in [0.25, 0.3) is 32.7 Å². The fourth-order valence-electron chi connectivity index (χ4n) is 6.81. The average molecular weight is 695 g/mol. The Hall–Kier alpha value is -4.74. The third kappa shape index (κ3) is 6.65. The van der Waals surface area contributed by atoms with Crippen LogP contribution in [0.5, 0.6) is 11.5 Å². The van der Waals surface area contributed by atoms with Gasteiger partial charge in [-0.15, -0.1) is 0 Å². The predicted octanol–water partition coefficient (Wildman–Crippen LogP) is 7.07. The molecule has 0 saturated heterocycles. The third-order valence-corrected chi connectivity index (χ3v) is 9.93. The number of fused-ring (bicyclic) bond motifs is 5. The molecule has 0 atom stereocenters. The van der Waals surface area contributed by atoms with Gasteiger partial charge in [-0.25, -0.2) is 0 Å². The fraction of sp³-hybridized carbons (Fsp3) is 0.179. The molecule has 0 unspecified atom stereocenters. The Kier molecular flexibility index (Phi) is 8.66. The van der Waals surface area contributed by atoms with E-state index in [1.54, 1.807) is 0 Å². The SMILES string of the molecule is CS(=O)(=O)OCCOc1ccc2cc(C3(c4ccc5cc(OCCOS(C)(=O)=O)ccc5c4)c4ccccc4-c4ccccc43)ccc2c1. The first kappa shape index (κ1) is 32.8. The molecule has 0 spiro atoms. The molecular weight excluding hydrogens is 661 g/mol. The van der Waals surface area contributed by atoms with Crippen LogP contribution in [-0.2, 0) is 34.0 Å². The van der Waals surface area contributed by atoms with E-state index in [1.807, 2.05) is 36.4 Å². The molecule has 8 nitrogen and oxygen atoms in total. The number of benzene rings is 6. The summed E-state index contributed by atoms with van der Waals surface area (Å²) in [6.07, 6.45) is 2.03. The van der Waals surface area contributed by atoms with Gasteiger partial charge in [-0.3, -0.25) is 8.37 Å². The molecule has 6 aromatic rings. The summed E-state index contributed by atoms with van der Waals surface area (Å²) in [4.78, 5) is 0. The van der Waals surface area contributed by atoms with Crippen LogP contribution in [0.3, 0.4) is 0 Å². The molecule has 0 aliphatic heterocycles. The lowest BCUT2D eigenvalue weighted by molar-refractivity contribution is 0.222. The molecule has 1 aliphatic carbocycles. The Labute approximate surface area is 286 Å². The van der Waals surface area contributed by atoms with Crippen molar-refractivity contribution in [1.82, 2.24) is 0 Å². The van der Waals surface area contributed by atoms with E-state index in [1.165, 1.54) is 22.3 Å². The molecule has 10 heteroatoms. The second-order valence-corrected chi connectivity index (χ2v) is 15.3. The molecule has 7 rings (SSSR count). The highest BCUT2D eigenvalue weighted by atomic mass is 32.2. The smallest absolute Gasteiger partial charge is 0.264 e. The van der Waals surface area contributed by atoms with E-state index in [2.05, 4.69) is 84.9 Å². The summed E-state index contributed by atoms with van der Waals surface area (Å²) in [5, 5.41) is 4.07. The summed E-state index contributed by atoms with van der Waals surface area (Å²) in [6.45, 7) is 0.107. The summed E-state index contributed by atoms with van der Waals surface area (Å²) in [5.74, 6) is 1.26. The van der Waals surface area contributed by atoms with Gasteiger partial charge in [0, 0.05) is 0 Å². The Morgan fingerprint density at radius 1 is 0.469 bits per heavy atom. The maximum Gasteiger partial charge on any atom is 0.264 e. The van der Waals surface area contributed by atoms with Gasteiger partial charge in [-0.2, -0.15) is 16.8 Å². The summed E-state index contributed by atoms with van der Waals surface area (Å²) < 4.78 is 66.3. The van der Waals surface area contributed by atoms with E-state index in [-0.39, 0.29) is 26.4 Å². The Morgan fingerprint density at radius 2 is 0.857 bits per heavy atom. The number of rotatable bonds is 12. The highest BCUT2D eigenvalue weighted by molar-refractivity contribution is 7.86. The van der Waals surface area contributed by atoms with Crippen molar-refractivity contribution in [3.63, 3.8) is 0 Å². The molecular formula is C39H34O8S2. The van der Waals surface area contributed by atoms with Crippen molar-refractivity contribution in [2.45, 2.75) is 5.41 Å². The minimum absolute atomic E-state index is 0.0580. The summed E-state index contributed by atoms with van der Waals surface area (Å²) in [5.41, 5.74) is 6.43. The predicted molar refractivity (Wildman–Crippen MR) is 191 cm³/mol. The normalized spacial score (nSPS) is 13.7. The van der Waals surface area contributed by atoms with E-state index in [4.69, 9.17) is 17.8 Å². The highest BCUT2D eigenvalue weighted by Crippen LogP contribution is 2.56. The van der Waals surface area contributed by atoms with E-state index in [9.17, 15) is 16.8 Å². The van der Waals surface area contributed by atoms with Gasteiger partial charge < -0.3 is 9.47 Å². The quantitative estimate of drug-likeness (QED) is 0.0989. The molecule has 0 N–H and O–H groups in total. The van der Waals surface area contributed by atoms with Gasteiger partial charge >= 0.3 is 0 Å². The first-order valence-corrected chi connectivity index (χ1v) is 19.4. The van der Waals surface area contributed by atoms with Crippen molar-refractivity contribution < 1.29 is 34.7 Å². The number of ether oxygens (including phenoxy) is 2. The molecule has 6 aromatic carbocycles. The van der Waals surface area contributed by atoms with Gasteiger partial charge in [0.2, 0.25) is 0 Å². The minimum Gasteiger partial charge on any atom is -0.491 e. The highest BCUT2D eigenvalue weighted by Gasteiger charge is 2.46. The van der Waals surface area contributed by atoms with Crippen molar-refractivity contribution in [2.24, 2.45) is 0 Å². The fourth-order valence-corrected chi connectivity index (χ4v) is 7.55. The molecule has 0 radical (unpaired) electrons. The van der Waals surface area contributed by atoms with Crippen molar-refractivity contribution >= 4 is 41.8 Å². The monoisotopic (exact) mass is 694 g/mol. The average Bonchev–Trinajstić information content (AvgIpc) is 3.38. The van der Waals surface area contributed by atoms with E-state index in [0.29, 0.717) is 11.5 Å².